The zero-order chi connectivity index (χ0) is 23.5. The first-order valence-electron chi connectivity index (χ1n) is 11.8. The summed E-state index contributed by atoms with van der Waals surface area (Å²) >= 11 is 0. The third-order valence-electron chi connectivity index (χ3n) is 6.22. The molecule has 0 aliphatic carbocycles. The van der Waals surface area contributed by atoms with Crippen molar-refractivity contribution in [3.8, 4) is 0 Å². The van der Waals surface area contributed by atoms with E-state index in [2.05, 4.69) is 130 Å². The fraction of sp³-hybridized carbons (Fsp3) is 0.194. The van der Waals surface area contributed by atoms with E-state index < -0.39 is 7.92 Å². The molecule has 5 rings (SSSR count). The predicted octanol–water partition coefficient (Wildman–Crippen LogP) is 6.26. The Morgan fingerprint density at radius 3 is 1.85 bits per heavy atom. The molecule has 1 heterocycles. The minimum atomic E-state index is -0.730. The summed E-state index contributed by atoms with van der Waals surface area (Å²) in [4.78, 5) is 5.06. The van der Waals surface area contributed by atoms with Crippen LogP contribution >= 0.6 is 7.92 Å². The molecule has 170 valence electrons. The highest BCUT2D eigenvalue weighted by atomic mass is 31.1. The van der Waals surface area contributed by atoms with Crippen molar-refractivity contribution in [3.63, 3.8) is 0 Å². The summed E-state index contributed by atoms with van der Waals surface area (Å²) in [5.41, 5.74) is 3.77. The van der Waals surface area contributed by atoms with Crippen LogP contribution in [0.25, 0.3) is 0 Å². The van der Waals surface area contributed by atoms with E-state index in [1.807, 2.05) is 0 Å². The van der Waals surface area contributed by atoms with Crippen LogP contribution in [0, 0.1) is 0 Å². The average molecular weight is 464 g/mol. The van der Waals surface area contributed by atoms with Gasteiger partial charge in [-0.25, -0.2) is 4.99 Å². The summed E-state index contributed by atoms with van der Waals surface area (Å²) in [6, 6.07) is 39.0. The lowest BCUT2D eigenvalue weighted by molar-refractivity contribution is 0.320. The lowest BCUT2D eigenvalue weighted by Crippen LogP contribution is -2.25. The van der Waals surface area contributed by atoms with E-state index in [1.165, 1.54) is 27.0 Å². The van der Waals surface area contributed by atoms with E-state index in [0.717, 1.165) is 11.5 Å². The molecule has 0 spiro atoms. The van der Waals surface area contributed by atoms with Gasteiger partial charge in [0.25, 0.3) is 0 Å². The molecular formula is C31H30NOP. The van der Waals surface area contributed by atoms with Crippen molar-refractivity contribution in [2.75, 3.05) is 6.61 Å². The van der Waals surface area contributed by atoms with Gasteiger partial charge in [0.05, 0.1) is 0 Å². The Bertz CT molecular complexity index is 1240. The Hall–Kier alpha value is -3.22. The number of hydrogen-bond acceptors (Lipinski definition) is 2. The third kappa shape index (κ3) is 4.69. The molecule has 0 saturated heterocycles. The summed E-state index contributed by atoms with van der Waals surface area (Å²) < 4.78 is 6.23. The number of rotatable bonds is 5. The summed E-state index contributed by atoms with van der Waals surface area (Å²) in [6.45, 7) is 7.30. The molecule has 1 aliphatic heterocycles. The van der Waals surface area contributed by atoms with Crippen LogP contribution in [0.4, 0.5) is 0 Å². The molecule has 0 bridgehead atoms. The second-order valence-corrected chi connectivity index (χ2v) is 11.8. The van der Waals surface area contributed by atoms with Gasteiger partial charge < -0.3 is 4.74 Å². The van der Waals surface area contributed by atoms with E-state index in [4.69, 9.17) is 9.73 Å². The van der Waals surface area contributed by atoms with Crippen LogP contribution < -0.4 is 15.9 Å². The number of nitrogens with zero attached hydrogens (tertiary/aromatic N) is 1. The van der Waals surface area contributed by atoms with Crippen molar-refractivity contribution in [1.82, 2.24) is 0 Å². The van der Waals surface area contributed by atoms with Crippen molar-refractivity contribution in [2.45, 2.75) is 32.2 Å². The lowest BCUT2D eigenvalue weighted by atomic mass is 9.86. The summed E-state index contributed by atoms with van der Waals surface area (Å²) in [5, 5.41) is 3.92. The molecule has 0 unspecified atom stereocenters. The van der Waals surface area contributed by atoms with E-state index >= 15 is 0 Å². The summed E-state index contributed by atoms with van der Waals surface area (Å²) in [5.74, 6) is 0.750. The van der Waals surface area contributed by atoms with Crippen LogP contribution in [0.5, 0.6) is 0 Å². The monoisotopic (exact) mass is 463 g/mol. The molecule has 0 aromatic heterocycles. The number of ether oxygens (including phenoxy) is 1. The summed E-state index contributed by atoms with van der Waals surface area (Å²) in [6.07, 6.45) is 0. The Labute approximate surface area is 204 Å². The molecule has 0 saturated carbocycles. The second kappa shape index (κ2) is 9.57. The molecule has 4 aromatic carbocycles. The van der Waals surface area contributed by atoms with Crippen LogP contribution in [0.15, 0.2) is 114 Å². The maximum absolute atomic E-state index is 6.23. The Balaban J connectivity index is 1.53. The maximum Gasteiger partial charge on any atom is 0.217 e. The maximum atomic E-state index is 6.23. The van der Waals surface area contributed by atoms with Crippen LogP contribution in [-0.2, 0) is 10.2 Å². The van der Waals surface area contributed by atoms with Gasteiger partial charge in [-0.2, -0.15) is 0 Å². The average Bonchev–Trinajstić information content (AvgIpc) is 3.36. The minimum absolute atomic E-state index is 0.0248. The van der Waals surface area contributed by atoms with Crippen molar-refractivity contribution in [2.24, 2.45) is 4.99 Å². The molecule has 0 amide bonds. The first-order chi connectivity index (χ1) is 16.5. The standard InChI is InChI=1S/C31H30NOP/c1-31(2,3)24-20-18-23(19-21-24)28-22-33-30(32-28)27-16-10-11-17-29(27)34(25-12-6-4-7-13-25)26-14-8-5-9-15-26/h4-21,28H,22H2,1-3H3/t28-/m1/s1. The van der Waals surface area contributed by atoms with Gasteiger partial charge in [0, 0.05) is 5.56 Å². The van der Waals surface area contributed by atoms with Crippen LogP contribution in [0.3, 0.4) is 0 Å². The molecule has 0 fully saturated rings. The van der Waals surface area contributed by atoms with Gasteiger partial charge in [0.15, 0.2) is 0 Å². The molecule has 3 heteroatoms. The fourth-order valence-electron chi connectivity index (χ4n) is 4.33. The highest BCUT2D eigenvalue weighted by molar-refractivity contribution is 7.80. The molecule has 0 N–H and O–H groups in total. The van der Waals surface area contributed by atoms with Gasteiger partial charge >= 0.3 is 0 Å². The molecule has 4 aromatic rings. The van der Waals surface area contributed by atoms with E-state index in [0.29, 0.717) is 6.61 Å². The van der Waals surface area contributed by atoms with Crippen LogP contribution in [0.2, 0.25) is 0 Å². The zero-order valence-corrected chi connectivity index (χ0v) is 20.9. The SMILES string of the molecule is CC(C)(C)c1ccc([C@H]2COC(c3ccccc3P(c3ccccc3)c3ccccc3)=N2)cc1. The Morgan fingerprint density at radius 1 is 0.706 bits per heavy atom. The highest BCUT2D eigenvalue weighted by Gasteiger charge is 2.27. The van der Waals surface area contributed by atoms with Gasteiger partial charge in [0.1, 0.15) is 12.6 Å². The number of hydrogen-bond donors (Lipinski definition) is 0. The second-order valence-electron chi connectivity index (χ2n) is 9.66. The quantitative estimate of drug-likeness (QED) is 0.320. The van der Waals surface area contributed by atoms with Gasteiger partial charge in [-0.3, -0.25) is 0 Å². The van der Waals surface area contributed by atoms with Crippen LogP contribution in [0.1, 0.15) is 43.5 Å². The molecule has 1 aliphatic rings. The largest absolute Gasteiger partial charge is 0.475 e. The summed E-state index contributed by atoms with van der Waals surface area (Å²) in [7, 11) is -0.730. The Morgan fingerprint density at radius 2 is 1.26 bits per heavy atom. The van der Waals surface area contributed by atoms with Gasteiger partial charge in [-0.1, -0.05) is 124 Å². The first-order valence-corrected chi connectivity index (χ1v) is 13.2. The molecule has 0 radical (unpaired) electrons. The van der Waals surface area contributed by atoms with Crippen LogP contribution in [-0.4, -0.2) is 12.5 Å². The number of benzene rings is 4. The fourth-order valence-corrected chi connectivity index (χ4v) is 6.77. The smallest absolute Gasteiger partial charge is 0.217 e. The van der Waals surface area contributed by atoms with Crippen molar-refractivity contribution in [1.29, 1.82) is 0 Å². The van der Waals surface area contributed by atoms with Crippen molar-refractivity contribution >= 4 is 29.7 Å². The molecular weight excluding hydrogens is 433 g/mol. The Kier molecular flexibility index (Phi) is 6.35. The zero-order valence-electron chi connectivity index (χ0n) is 20.0. The van der Waals surface area contributed by atoms with E-state index in [-0.39, 0.29) is 11.5 Å². The van der Waals surface area contributed by atoms with Gasteiger partial charge in [0.2, 0.25) is 5.90 Å². The number of aliphatic imine (C=N–C) groups is 1. The lowest BCUT2D eigenvalue weighted by Gasteiger charge is -2.22. The van der Waals surface area contributed by atoms with Gasteiger partial charge in [-0.05, 0) is 46.4 Å². The third-order valence-corrected chi connectivity index (χ3v) is 8.72. The normalized spacial score (nSPS) is 15.8. The molecule has 1 atom stereocenters. The highest BCUT2D eigenvalue weighted by Crippen LogP contribution is 2.35. The minimum Gasteiger partial charge on any atom is -0.475 e. The van der Waals surface area contributed by atoms with Gasteiger partial charge in [-0.15, -0.1) is 0 Å². The first kappa shape index (κ1) is 22.6. The topological polar surface area (TPSA) is 21.6 Å². The van der Waals surface area contributed by atoms with E-state index in [1.54, 1.807) is 0 Å². The van der Waals surface area contributed by atoms with Crippen molar-refractivity contribution in [3.05, 3.63) is 126 Å². The predicted molar refractivity (Wildman–Crippen MR) is 146 cm³/mol. The molecule has 2 nitrogen and oxygen atoms in total. The van der Waals surface area contributed by atoms with Crippen molar-refractivity contribution < 1.29 is 4.74 Å². The molecule has 34 heavy (non-hydrogen) atoms. The van der Waals surface area contributed by atoms with E-state index in [9.17, 15) is 0 Å².